The van der Waals surface area contributed by atoms with Crippen LogP contribution in [-0.2, 0) is 6.42 Å². The number of halogens is 3. The Morgan fingerprint density at radius 2 is 2.07 bits per heavy atom. The lowest BCUT2D eigenvalue weighted by atomic mass is 10.1. The number of hydrogen-bond donors (Lipinski definition) is 1. The second kappa shape index (κ2) is 4.26. The summed E-state index contributed by atoms with van der Waals surface area (Å²) in [4.78, 5) is 0. The van der Waals surface area contributed by atoms with Crippen molar-refractivity contribution in [2.24, 2.45) is 0 Å². The van der Waals surface area contributed by atoms with Crippen LogP contribution in [0.4, 0.5) is 19.0 Å². The maximum absolute atomic E-state index is 11.8. The smallest absolute Gasteiger partial charge is 0.382 e. The van der Waals surface area contributed by atoms with Crippen molar-refractivity contribution in [1.29, 1.82) is 0 Å². The lowest BCUT2D eigenvalue weighted by Crippen LogP contribution is -2.08. The summed E-state index contributed by atoms with van der Waals surface area (Å²) in [6.45, 7) is 0. The van der Waals surface area contributed by atoms with Gasteiger partial charge in [-0.05, 0) is 24.5 Å². The Hall–Kier alpha value is -1.33. The monoisotopic (exact) mass is 205 g/mol. The Bertz CT molecular complexity index is 298. The zero-order valence-corrected chi connectivity index (χ0v) is 7.38. The first-order chi connectivity index (χ1) is 6.49. The fourth-order valence-electron chi connectivity index (χ4n) is 1.06. The maximum Gasteiger partial charge on any atom is 0.389 e. The fraction of sp³-hybridized carbons (Fsp3) is 0.500. The molecule has 78 valence electrons. The molecule has 6 heteroatoms. The summed E-state index contributed by atoms with van der Waals surface area (Å²) in [5, 5.41) is 7.05. The normalized spacial score (nSPS) is 11.6. The van der Waals surface area contributed by atoms with Gasteiger partial charge in [0.25, 0.3) is 0 Å². The molecule has 0 aliphatic rings. The van der Waals surface area contributed by atoms with Crippen molar-refractivity contribution in [2.45, 2.75) is 25.4 Å². The third-order valence-electron chi connectivity index (χ3n) is 1.74. The summed E-state index contributed by atoms with van der Waals surface area (Å²) in [6, 6.07) is 1.58. The van der Waals surface area contributed by atoms with Gasteiger partial charge in [0.1, 0.15) is 5.82 Å². The minimum absolute atomic E-state index is 0.0272. The lowest BCUT2D eigenvalue weighted by Gasteiger charge is -2.06. The number of anilines is 1. The summed E-state index contributed by atoms with van der Waals surface area (Å²) in [6.07, 6.45) is -3.18. The van der Waals surface area contributed by atoms with Crippen molar-refractivity contribution in [1.82, 2.24) is 10.2 Å². The van der Waals surface area contributed by atoms with Gasteiger partial charge >= 0.3 is 6.18 Å². The van der Waals surface area contributed by atoms with E-state index in [9.17, 15) is 13.2 Å². The summed E-state index contributed by atoms with van der Waals surface area (Å²) in [5.41, 5.74) is 6.03. The number of nitrogen functional groups attached to an aromatic ring is 1. The van der Waals surface area contributed by atoms with Crippen molar-refractivity contribution in [3.63, 3.8) is 0 Å². The second-order valence-corrected chi connectivity index (χ2v) is 2.91. The van der Waals surface area contributed by atoms with E-state index in [2.05, 4.69) is 10.2 Å². The van der Waals surface area contributed by atoms with Crippen molar-refractivity contribution in [3.05, 3.63) is 17.8 Å². The van der Waals surface area contributed by atoms with E-state index in [1.165, 1.54) is 6.20 Å². The van der Waals surface area contributed by atoms with Crippen LogP contribution >= 0.6 is 0 Å². The predicted octanol–water partition coefficient (Wildman–Crippen LogP) is 1.94. The van der Waals surface area contributed by atoms with Crippen LogP contribution in [0.3, 0.4) is 0 Å². The summed E-state index contributed by atoms with van der Waals surface area (Å²) < 4.78 is 35.4. The van der Waals surface area contributed by atoms with E-state index in [0.29, 0.717) is 5.56 Å². The van der Waals surface area contributed by atoms with Crippen LogP contribution in [0, 0.1) is 0 Å². The van der Waals surface area contributed by atoms with Crippen LogP contribution in [0.5, 0.6) is 0 Å². The average molecular weight is 205 g/mol. The molecule has 0 amide bonds. The predicted molar refractivity (Wildman–Crippen MR) is 45.4 cm³/mol. The van der Waals surface area contributed by atoms with Gasteiger partial charge in [-0.2, -0.15) is 18.3 Å². The number of aryl methyl sites for hydroxylation is 1. The standard InChI is InChI=1S/C8H10F3N3/c9-8(10,11)4-1-2-6-3-5-13-14-7(6)12/h3,5H,1-2,4H2,(H2,12,14). The van der Waals surface area contributed by atoms with Crippen LogP contribution in [0.15, 0.2) is 12.3 Å². The number of aromatic nitrogens is 2. The van der Waals surface area contributed by atoms with Gasteiger partial charge in [-0.1, -0.05) is 0 Å². The van der Waals surface area contributed by atoms with Gasteiger partial charge in [-0.3, -0.25) is 0 Å². The first kappa shape index (κ1) is 10.7. The van der Waals surface area contributed by atoms with Crippen LogP contribution in [0.1, 0.15) is 18.4 Å². The van der Waals surface area contributed by atoms with Gasteiger partial charge in [-0.15, -0.1) is 5.10 Å². The molecule has 0 saturated heterocycles. The number of alkyl halides is 3. The summed E-state index contributed by atoms with van der Waals surface area (Å²) in [5.74, 6) is 0.203. The lowest BCUT2D eigenvalue weighted by molar-refractivity contribution is -0.135. The molecule has 0 spiro atoms. The highest BCUT2D eigenvalue weighted by Gasteiger charge is 2.26. The van der Waals surface area contributed by atoms with Crippen LogP contribution in [-0.4, -0.2) is 16.4 Å². The van der Waals surface area contributed by atoms with Crippen molar-refractivity contribution < 1.29 is 13.2 Å². The molecule has 0 unspecified atom stereocenters. The Morgan fingerprint density at radius 3 is 2.64 bits per heavy atom. The molecule has 0 aliphatic carbocycles. The molecule has 0 aliphatic heterocycles. The zero-order valence-electron chi connectivity index (χ0n) is 7.38. The van der Waals surface area contributed by atoms with E-state index >= 15 is 0 Å². The van der Waals surface area contributed by atoms with Crippen molar-refractivity contribution in [2.75, 3.05) is 5.73 Å². The number of nitrogens with zero attached hydrogens (tertiary/aromatic N) is 2. The Morgan fingerprint density at radius 1 is 1.36 bits per heavy atom. The van der Waals surface area contributed by atoms with Crippen LogP contribution in [0.2, 0.25) is 0 Å². The second-order valence-electron chi connectivity index (χ2n) is 2.91. The molecule has 1 aromatic rings. The van der Waals surface area contributed by atoms with E-state index in [0.717, 1.165) is 0 Å². The Kier molecular flexibility index (Phi) is 3.27. The van der Waals surface area contributed by atoms with Gasteiger partial charge in [0.2, 0.25) is 0 Å². The largest absolute Gasteiger partial charge is 0.389 e. The van der Waals surface area contributed by atoms with Gasteiger partial charge in [-0.25, -0.2) is 0 Å². The SMILES string of the molecule is Nc1nnccc1CCCC(F)(F)F. The third-order valence-corrected chi connectivity index (χ3v) is 1.74. The van der Waals surface area contributed by atoms with E-state index in [4.69, 9.17) is 5.73 Å². The van der Waals surface area contributed by atoms with Crippen molar-refractivity contribution in [3.8, 4) is 0 Å². The minimum atomic E-state index is -4.10. The Labute approximate surface area is 79.1 Å². The third kappa shape index (κ3) is 3.59. The van der Waals surface area contributed by atoms with E-state index < -0.39 is 12.6 Å². The molecule has 1 rings (SSSR count). The molecule has 2 N–H and O–H groups in total. The number of nitrogens with two attached hydrogens (primary N) is 1. The minimum Gasteiger partial charge on any atom is -0.382 e. The molecule has 0 bridgehead atoms. The van der Waals surface area contributed by atoms with Crippen LogP contribution < -0.4 is 5.73 Å². The first-order valence-electron chi connectivity index (χ1n) is 4.12. The molecule has 1 heterocycles. The molecule has 0 aromatic carbocycles. The highest BCUT2D eigenvalue weighted by molar-refractivity contribution is 5.36. The zero-order chi connectivity index (χ0) is 10.6. The van der Waals surface area contributed by atoms with Gasteiger partial charge < -0.3 is 5.73 Å². The average Bonchev–Trinajstić information content (AvgIpc) is 2.06. The highest BCUT2D eigenvalue weighted by atomic mass is 19.4. The molecule has 14 heavy (non-hydrogen) atoms. The van der Waals surface area contributed by atoms with E-state index in [1.807, 2.05) is 0 Å². The number of hydrogen-bond acceptors (Lipinski definition) is 3. The molecule has 0 fully saturated rings. The fourth-order valence-corrected chi connectivity index (χ4v) is 1.06. The molecule has 1 aromatic heterocycles. The topological polar surface area (TPSA) is 51.8 Å². The van der Waals surface area contributed by atoms with Gasteiger partial charge in [0, 0.05) is 6.42 Å². The number of rotatable bonds is 3. The van der Waals surface area contributed by atoms with Crippen LogP contribution in [0.25, 0.3) is 0 Å². The highest BCUT2D eigenvalue weighted by Crippen LogP contribution is 2.23. The molecule has 0 atom stereocenters. The summed E-state index contributed by atoms with van der Waals surface area (Å²) >= 11 is 0. The summed E-state index contributed by atoms with van der Waals surface area (Å²) in [7, 11) is 0. The van der Waals surface area contributed by atoms with Crippen molar-refractivity contribution >= 4 is 5.82 Å². The first-order valence-corrected chi connectivity index (χ1v) is 4.12. The molecule has 0 radical (unpaired) electrons. The molecular weight excluding hydrogens is 195 g/mol. The quantitative estimate of drug-likeness (QED) is 0.820. The van der Waals surface area contributed by atoms with E-state index in [-0.39, 0.29) is 18.7 Å². The molecule has 0 saturated carbocycles. The van der Waals surface area contributed by atoms with Gasteiger partial charge in [0.15, 0.2) is 0 Å². The Balaban J connectivity index is 2.43. The van der Waals surface area contributed by atoms with E-state index in [1.54, 1.807) is 6.07 Å². The maximum atomic E-state index is 11.8. The molecule has 3 nitrogen and oxygen atoms in total. The molecular formula is C8H10F3N3. The van der Waals surface area contributed by atoms with Gasteiger partial charge in [0.05, 0.1) is 6.20 Å².